The zero-order chi connectivity index (χ0) is 13.7. The Morgan fingerprint density at radius 2 is 2.26 bits per heavy atom. The van der Waals surface area contributed by atoms with Crippen molar-refractivity contribution < 1.29 is 4.74 Å². The van der Waals surface area contributed by atoms with E-state index in [1.807, 2.05) is 0 Å². The molecule has 2 N–H and O–H groups in total. The normalized spacial score (nSPS) is 20.5. The molecule has 1 aliphatic rings. The molecule has 0 bridgehead atoms. The molecule has 1 heterocycles. The summed E-state index contributed by atoms with van der Waals surface area (Å²) in [6, 6.07) is 6.42. The molecule has 1 aromatic rings. The van der Waals surface area contributed by atoms with Crippen LogP contribution in [0.3, 0.4) is 0 Å². The Balaban J connectivity index is 2.01. The number of nitrogens with zero attached hydrogens (tertiary/aromatic N) is 1. The number of nitrogens with two attached hydrogens (primary N) is 1. The van der Waals surface area contributed by atoms with E-state index in [1.165, 1.54) is 37.1 Å². The van der Waals surface area contributed by atoms with Crippen molar-refractivity contribution in [2.45, 2.75) is 32.7 Å². The van der Waals surface area contributed by atoms with Crippen LogP contribution in [0.5, 0.6) is 5.75 Å². The maximum atomic E-state index is 5.68. The standard InChI is InChI=1S/C16H26N2O/c1-13-5-6-16(19-2)15(10-13)12-18-9-3-4-14(11-18)7-8-17/h5-6,10,14H,3-4,7-9,11-12,17H2,1-2H3. The van der Waals surface area contributed by atoms with Crippen LogP contribution in [0.2, 0.25) is 0 Å². The van der Waals surface area contributed by atoms with Crippen LogP contribution in [0.4, 0.5) is 0 Å². The van der Waals surface area contributed by atoms with Gasteiger partial charge in [-0.1, -0.05) is 17.7 Å². The molecule has 106 valence electrons. The fourth-order valence-electron chi connectivity index (χ4n) is 3.04. The van der Waals surface area contributed by atoms with Crippen LogP contribution < -0.4 is 10.5 Å². The zero-order valence-corrected chi connectivity index (χ0v) is 12.2. The number of hydrogen-bond acceptors (Lipinski definition) is 3. The van der Waals surface area contributed by atoms with Crippen LogP contribution in [-0.2, 0) is 6.54 Å². The fourth-order valence-corrected chi connectivity index (χ4v) is 3.04. The van der Waals surface area contributed by atoms with Crippen LogP contribution in [0, 0.1) is 12.8 Å². The lowest BCUT2D eigenvalue weighted by Crippen LogP contribution is -2.35. The first kappa shape index (κ1) is 14.4. The predicted molar refractivity (Wildman–Crippen MR) is 79.4 cm³/mol. The summed E-state index contributed by atoms with van der Waals surface area (Å²) in [5, 5.41) is 0. The summed E-state index contributed by atoms with van der Waals surface area (Å²) in [5.41, 5.74) is 8.28. The Morgan fingerprint density at radius 3 is 3.00 bits per heavy atom. The number of hydrogen-bond donors (Lipinski definition) is 1. The molecule has 1 aromatic carbocycles. The third-order valence-corrected chi connectivity index (χ3v) is 4.01. The molecule has 0 spiro atoms. The minimum Gasteiger partial charge on any atom is -0.496 e. The van der Waals surface area contributed by atoms with Gasteiger partial charge >= 0.3 is 0 Å². The first-order chi connectivity index (χ1) is 9.22. The summed E-state index contributed by atoms with van der Waals surface area (Å²) in [6.07, 6.45) is 3.78. The maximum absolute atomic E-state index is 5.68. The molecule has 0 radical (unpaired) electrons. The van der Waals surface area contributed by atoms with Crippen LogP contribution in [0.1, 0.15) is 30.4 Å². The first-order valence-electron chi connectivity index (χ1n) is 7.29. The number of ether oxygens (including phenoxy) is 1. The smallest absolute Gasteiger partial charge is 0.123 e. The average Bonchev–Trinajstić information content (AvgIpc) is 2.40. The Labute approximate surface area is 116 Å². The predicted octanol–water partition coefficient (Wildman–Crippen LogP) is 2.56. The molecule has 19 heavy (non-hydrogen) atoms. The summed E-state index contributed by atoms with van der Waals surface area (Å²) in [4.78, 5) is 2.54. The van der Waals surface area contributed by atoms with Crippen molar-refractivity contribution in [3.05, 3.63) is 29.3 Å². The van der Waals surface area contributed by atoms with Crippen molar-refractivity contribution in [3.8, 4) is 5.75 Å². The summed E-state index contributed by atoms with van der Waals surface area (Å²) in [5.74, 6) is 1.78. The van der Waals surface area contributed by atoms with E-state index in [0.717, 1.165) is 31.2 Å². The number of piperidine rings is 1. The van der Waals surface area contributed by atoms with Crippen LogP contribution in [0.15, 0.2) is 18.2 Å². The van der Waals surface area contributed by atoms with Gasteiger partial charge in [-0.15, -0.1) is 0 Å². The van der Waals surface area contributed by atoms with Crippen molar-refractivity contribution in [3.63, 3.8) is 0 Å². The van der Waals surface area contributed by atoms with Gasteiger partial charge in [-0.25, -0.2) is 0 Å². The molecule has 1 saturated heterocycles. The van der Waals surface area contributed by atoms with Gasteiger partial charge in [0.05, 0.1) is 7.11 Å². The second-order valence-electron chi connectivity index (χ2n) is 5.64. The maximum Gasteiger partial charge on any atom is 0.123 e. The SMILES string of the molecule is COc1ccc(C)cc1CN1CCCC(CCN)C1. The number of methoxy groups -OCH3 is 1. The van der Waals surface area contributed by atoms with Gasteiger partial charge in [0, 0.05) is 18.7 Å². The van der Waals surface area contributed by atoms with E-state index in [4.69, 9.17) is 10.5 Å². The molecule has 0 amide bonds. The number of rotatable bonds is 5. The third kappa shape index (κ3) is 3.95. The fraction of sp³-hybridized carbons (Fsp3) is 0.625. The second-order valence-corrected chi connectivity index (χ2v) is 5.64. The Kier molecular flexibility index (Phi) is 5.23. The lowest BCUT2D eigenvalue weighted by Gasteiger charge is -2.33. The van der Waals surface area contributed by atoms with E-state index in [1.54, 1.807) is 7.11 Å². The van der Waals surface area contributed by atoms with E-state index in [0.29, 0.717) is 0 Å². The first-order valence-corrected chi connectivity index (χ1v) is 7.29. The van der Waals surface area contributed by atoms with Crippen molar-refractivity contribution in [1.29, 1.82) is 0 Å². The van der Waals surface area contributed by atoms with Gasteiger partial charge in [0.25, 0.3) is 0 Å². The van der Waals surface area contributed by atoms with Crippen molar-refractivity contribution in [1.82, 2.24) is 4.90 Å². The molecular weight excluding hydrogens is 236 g/mol. The van der Waals surface area contributed by atoms with E-state index in [-0.39, 0.29) is 0 Å². The van der Waals surface area contributed by atoms with Crippen molar-refractivity contribution in [2.24, 2.45) is 11.7 Å². The molecule has 1 fully saturated rings. The Hall–Kier alpha value is -1.06. The molecule has 2 rings (SSSR count). The van der Waals surface area contributed by atoms with Crippen LogP contribution in [-0.4, -0.2) is 31.6 Å². The van der Waals surface area contributed by atoms with Gasteiger partial charge in [0.2, 0.25) is 0 Å². The Morgan fingerprint density at radius 1 is 1.42 bits per heavy atom. The van der Waals surface area contributed by atoms with E-state index >= 15 is 0 Å². The average molecular weight is 262 g/mol. The summed E-state index contributed by atoms with van der Waals surface area (Å²) >= 11 is 0. The monoisotopic (exact) mass is 262 g/mol. The summed E-state index contributed by atoms with van der Waals surface area (Å²) in [7, 11) is 1.75. The number of benzene rings is 1. The highest BCUT2D eigenvalue weighted by Crippen LogP contribution is 2.25. The third-order valence-electron chi connectivity index (χ3n) is 4.01. The van der Waals surface area contributed by atoms with Crippen molar-refractivity contribution >= 4 is 0 Å². The topological polar surface area (TPSA) is 38.5 Å². The number of aryl methyl sites for hydroxylation is 1. The zero-order valence-electron chi connectivity index (χ0n) is 12.2. The van der Waals surface area contributed by atoms with E-state index < -0.39 is 0 Å². The molecular formula is C16H26N2O. The minimum absolute atomic E-state index is 0.773. The van der Waals surface area contributed by atoms with Crippen molar-refractivity contribution in [2.75, 3.05) is 26.7 Å². The Bertz CT molecular complexity index is 404. The number of likely N-dealkylation sites (tertiary alicyclic amines) is 1. The molecule has 0 aliphatic carbocycles. The van der Waals surface area contributed by atoms with Gasteiger partial charge < -0.3 is 10.5 Å². The van der Waals surface area contributed by atoms with Gasteiger partial charge in [-0.3, -0.25) is 4.90 Å². The molecule has 1 unspecified atom stereocenters. The van der Waals surface area contributed by atoms with Gasteiger partial charge in [-0.05, 0) is 51.3 Å². The summed E-state index contributed by atoms with van der Waals surface area (Å²) in [6.45, 7) is 6.31. The minimum atomic E-state index is 0.773. The molecule has 1 atom stereocenters. The highest BCUT2D eigenvalue weighted by Gasteiger charge is 2.20. The quantitative estimate of drug-likeness (QED) is 0.886. The molecule has 1 aliphatic heterocycles. The highest BCUT2D eigenvalue weighted by molar-refractivity contribution is 5.36. The largest absolute Gasteiger partial charge is 0.496 e. The van der Waals surface area contributed by atoms with E-state index in [2.05, 4.69) is 30.0 Å². The van der Waals surface area contributed by atoms with E-state index in [9.17, 15) is 0 Å². The lowest BCUT2D eigenvalue weighted by atomic mass is 9.94. The lowest BCUT2D eigenvalue weighted by molar-refractivity contribution is 0.161. The van der Waals surface area contributed by atoms with Crippen LogP contribution in [0.25, 0.3) is 0 Å². The van der Waals surface area contributed by atoms with Gasteiger partial charge in [0.1, 0.15) is 5.75 Å². The second kappa shape index (κ2) is 6.92. The molecule has 0 saturated carbocycles. The summed E-state index contributed by atoms with van der Waals surface area (Å²) < 4.78 is 5.47. The highest BCUT2D eigenvalue weighted by atomic mass is 16.5. The van der Waals surface area contributed by atoms with Crippen LogP contribution >= 0.6 is 0 Å². The molecule has 0 aromatic heterocycles. The van der Waals surface area contributed by atoms with Gasteiger partial charge in [-0.2, -0.15) is 0 Å². The molecule has 3 heteroatoms. The van der Waals surface area contributed by atoms with Gasteiger partial charge in [0.15, 0.2) is 0 Å². The molecule has 3 nitrogen and oxygen atoms in total.